The van der Waals surface area contributed by atoms with Crippen LogP contribution in [0.15, 0.2) is 12.3 Å². The van der Waals surface area contributed by atoms with E-state index in [9.17, 15) is 4.79 Å². The highest BCUT2D eigenvalue weighted by Crippen LogP contribution is 2.33. The van der Waals surface area contributed by atoms with Crippen molar-refractivity contribution in [2.24, 2.45) is 0 Å². The van der Waals surface area contributed by atoms with Gasteiger partial charge >= 0.3 is 0 Å². The number of pyridine rings is 1. The van der Waals surface area contributed by atoms with E-state index in [0.717, 1.165) is 30.5 Å². The molecule has 2 rings (SSSR count). The van der Waals surface area contributed by atoms with Crippen LogP contribution in [0.4, 0.5) is 0 Å². The zero-order valence-corrected chi connectivity index (χ0v) is 10.6. The molecule has 4 heteroatoms. The van der Waals surface area contributed by atoms with Crippen LogP contribution < -0.4 is 4.74 Å². The third kappa shape index (κ3) is 2.25. The topological polar surface area (TPSA) is 42.4 Å². The van der Waals surface area contributed by atoms with Crippen LogP contribution in [0, 0.1) is 6.92 Å². The predicted octanol–water partition coefficient (Wildman–Crippen LogP) is 2.08. The molecule has 0 aliphatic carbocycles. The number of rotatable bonds is 2. The zero-order valence-electron chi connectivity index (χ0n) is 10.6. The van der Waals surface area contributed by atoms with Crippen molar-refractivity contribution in [3.8, 4) is 5.88 Å². The molecule has 1 saturated heterocycles. The first-order valence-corrected chi connectivity index (χ1v) is 5.91. The summed E-state index contributed by atoms with van der Waals surface area (Å²) >= 11 is 0. The number of carbonyl (C=O) groups excluding carboxylic acids is 1. The first kappa shape index (κ1) is 11.9. The molecule has 1 aromatic rings. The standard InChI is InChI=1S/C13H18N2O2/c1-9-7-13(17-3)14-8-11(9)12-5-4-6-15(12)10(2)16/h7-8,12H,4-6H2,1-3H3/t12-/m1/s1. The minimum atomic E-state index is 0.141. The van der Waals surface area contributed by atoms with E-state index >= 15 is 0 Å². The Morgan fingerprint density at radius 2 is 2.35 bits per heavy atom. The number of amides is 1. The second-order valence-corrected chi connectivity index (χ2v) is 4.45. The van der Waals surface area contributed by atoms with Crippen molar-refractivity contribution >= 4 is 5.91 Å². The number of aromatic nitrogens is 1. The summed E-state index contributed by atoms with van der Waals surface area (Å²) in [6, 6.07) is 2.11. The number of carbonyl (C=O) groups is 1. The SMILES string of the molecule is COc1cc(C)c([C@H]2CCCN2C(C)=O)cn1. The molecule has 1 amide bonds. The van der Waals surface area contributed by atoms with Gasteiger partial charge in [0.15, 0.2) is 0 Å². The average molecular weight is 234 g/mol. The normalized spacial score (nSPS) is 19.5. The maximum Gasteiger partial charge on any atom is 0.219 e. The van der Waals surface area contributed by atoms with Crippen molar-refractivity contribution in [2.45, 2.75) is 32.7 Å². The number of ether oxygens (including phenoxy) is 1. The molecule has 0 bridgehead atoms. The number of hydrogen-bond acceptors (Lipinski definition) is 3. The highest BCUT2D eigenvalue weighted by molar-refractivity contribution is 5.74. The molecule has 1 aromatic heterocycles. The van der Waals surface area contributed by atoms with Crippen molar-refractivity contribution in [3.63, 3.8) is 0 Å². The molecular formula is C13H18N2O2. The number of hydrogen-bond donors (Lipinski definition) is 0. The molecular weight excluding hydrogens is 216 g/mol. The van der Waals surface area contributed by atoms with Crippen LogP contribution in [-0.2, 0) is 4.79 Å². The lowest BCUT2D eigenvalue weighted by Crippen LogP contribution is -2.28. The lowest BCUT2D eigenvalue weighted by molar-refractivity contribution is -0.129. The van der Waals surface area contributed by atoms with Crippen molar-refractivity contribution in [3.05, 3.63) is 23.4 Å². The molecule has 92 valence electrons. The van der Waals surface area contributed by atoms with Gasteiger partial charge in [-0.2, -0.15) is 0 Å². The Morgan fingerprint density at radius 3 is 2.94 bits per heavy atom. The van der Waals surface area contributed by atoms with Gasteiger partial charge in [-0.1, -0.05) is 0 Å². The fraction of sp³-hybridized carbons (Fsp3) is 0.538. The largest absolute Gasteiger partial charge is 0.481 e. The quantitative estimate of drug-likeness (QED) is 0.786. The van der Waals surface area contributed by atoms with Gasteiger partial charge in [0, 0.05) is 25.7 Å². The number of likely N-dealkylation sites (tertiary alicyclic amines) is 1. The van der Waals surface area contributed by atoms with E-state index in [4.69, 9.17) is 4.74 Å². The van der Waals surface area contributed by atoms with Gasteiger partial charge in [-0.15, -0.1) is 0 Å². The van der Waals surface area contributed by atoms with Crippen LogP contribution in [0.2, 0.25) is 0 Å². The zero-order chi connectivity index (χ0) is 12.4. The predicted molar refractivity (Wildman–Crippen MR) is 64.9 cm³/mol. The summed E-state index contributed by atoms with van der Waals surface area (Å²) < 4.78 is 5.10. The Labute approximate surface area is 102 Å². The molecule has 2 heterocycles. The fourth-order valence-electron chi connectivity index (χ4n) is 2.47. The lowest BCUT2D eigenvalue weighted by Gasteiger charge is -2.24. The summed E-state index contributed by atoms with van der Waals surface area (Å²) in [5.74, 6) is 0.765. The second kappa shape index (κ2) is 4.73. The van der Waals surface area contributed by atoms with Gasteiger partial charge in [0.25, 0.3) is 0 Å². The first-order chi connectivity index (χ1) is 8.13. The number of aryl methyl sites for hydroxylation is 1. The molecule has 0 radical (unpaired) electrons. The van der Waals surface area contributed by atoms with Gasteiger partial charge in [0.1, 0.15) is 0 Å². The van der Waals surface area contributed by atoms with E-state index in [1.165, 1.54) is 0 Å². The maximum atomic E-state index is 11.5. The molecule has 0 spiro atoms. The minimum absolute atomic E-state index is 0.141. The van der Waals surface area contributed by atoms with Crippen molar-refractivity contribution in [1.82, 2.24) is 9.88 Å². The van der Waals surface area contributed by atoms with Crippen LogP contribution in [-0.4, -0.2) is 29.4 Å². The van der Waals surface area contributed by atoms with Gasteiger partial charge in [0.05, 0.1) is 13.2 Å². The summed E-state index contributed by atoms with van der Waals surface area (Å²) in [6.07, 6.45) is 3.92. The molecule has 0 aromatic carbocycles. The smallest absolute Gasteiger partial charge is 0.219 e. The Balaban J connectivity index is 2.30. The summed E-state index contributed by atoms with van der Waals surface area (Å²) in [5, 5.41) is 0. The van der Waals surface area contributed by atoms with Gasteiger partial charge in [-0.3, -0.25) is 4.79 Å². The van der Waals surface area contributed by atoms with Crippen LogP contribution >= 0.6 is 0 Å². The third-order valence-electron chi connectivity index (χ3n) is 3.35. The van der Waals surface area contributed by atoms with Gasteiger partial charge in [-0.05, 0) is 30.9 Å². The van der Waals surface area contributed by atoms with Gasteiger partial charge < -0.3 is 9.64 Å². The first-order valence-electron chi connectivity index (χ1n) is 5.91. The van der Waals surface area contributed by atoms with Crippen molar-refractivity contribution in [1.29, 1.82) is 0 Å². The van der Waals surface area contributed by atoms with Crippen LogP contribution in [0.3, 0.4) is 0 Å². The summed E-state index contributed by atoms with van der Waals surface area (Å²) in [7, 11) is 1.61. The van der Waals surface area contributed by atoms with E-state index < -0.39 is 0 Å². The molecule has 0 unspecified atom stereocenters. The summed E-state index contributed by atoms with van der Waals surface area (Å²) in [4.78, 5) is 17.7. The molecule has 1 aliphatic rings. The second-order valence-electron chi connectivity index (χ2n) is 4.45. The van der Waals surface area contributed by atoms with Gasteiger partial charge in [0.2, 0.25) is 11.8 Å². The Hall–Kier alpha value is -1.58. The van der Waals surface area contributed by atoms with E-state index in [2.05, 4.69) is 4.98 Å². The number of methoxy groups -OCH3 is 1. The van der Waals surface area contributed by atoms with Crippen LogP contribution in [0.1, 0.15) is 36.9 Å². The molecule has 4 nitrogen and oxygen atoms in total. The molecule has 0 N–H and O–H groups in total. The highest BCUT2D eigenvalue weighted by atomic mass is 16.5. The lowest BCUT2D eigenvalue weighted by atomic mass is 10.0. The van der Waals surface area contributed by atoms with Crippen molar-refractivity contribution in [2.75, 3.05) is 13.7 Å². The van der Waals surface area contributed by atoms with Crippen LogP contribution in [0.5, 0.6) is 5.88 Å². The van der Waals surface area contributed by atoms with Gasteiger partial charge in [-0.25, -0.2) is 4.98 Å². The number of nitrogens with zero attached hydrogens (tertiary/aromatic N) is 2. The van der Waals surface area contributed by atoms with E-state index in [0.29, 0.717) is 5.88 Å². The molecule has 1 aliphatic heterocycles. The fourth-order valence-corrected chi connectivity index (χ4v) is 2.47. The monoisotopic (exact) mass is 234 g/mol. The van der Waals surface area contributed by atoms with Crippen molar-refractivity contribution < 1.29 is 9.53 Å². The summed E-state index contributed by atoms with van der Waals surface area (Å²) in [5.41, 5.74) is 2.27. The maximum absolute atomic E-state index is 11.5. The molecule has 1 fully saturated rings. The molecule has 17 heavy (non-hydrogen) atoms. The molecule has 1 atom stereocenters. The highest BCUT2D eigenvalue weighted by Gasteiger charge is 2.29. The minimum Gasteiger partial charge on any atom is -0.481 e. The Bertz CT molecular complexity index is 431. The average Bonchev–Trinajstić information content (AvgIpc) is 2.77. The molecule has 0 saturated carbocycles. The van der Waals surface area contributed by atoms with E-state index in [1.807, 2.05) is 24.1 Å². The van der Waals surface area contributed by atoms with Crippen LogP contribution in [0.25, 0.3) is 0 Å². The Morgan fingerprint density at radius 1 is 1.59 bits per heavy atom. The van der Waals surface area contributed by atoms with E-state index in [-0.39, 0.29) is 11.9 Å². The van der Waals surface area contributed by atoms with E-state index in [1.54, 1.807) is 14.0 Å². The summed E-state index contributed by atoms with van der Waals surface area (Å²) in [6.45, 7) is 4.52. The Kier molecular flexibility index (Phi) is 3.31. The third-order valence-corrected chi connectivity index (χ3v) is 3.35.